The summed E-state index contributed by atoms with van der Waals surface area (Å²) in [4.78, 5) is 12.1. The minimum atomic E-state index is -0.640. The van der Waals surface area contributed by atoms with E-state index in [9.17, 15) is 4.79 Å². The van der Waals surface area contributed by atoms with E-state index in [4.69, 9.17) is 21.1 Å². The zero-order chi connectivity index (χ0) is 14.7. The van der Waals surface area contributed by atoms with Gasteiger partial charge in [0.2, 0.25) is 6.10 Å². The molecule has 0 fully saturated rings. The Balaban J connectivity index is 1.59. The molecule has 2 aromatic rings. The quantitative estimate of drug-likeness (QED) is 0.948. The van der Waals surface area contributed by atoms with Gasteiger partial charge in [-0.15, -0.1) is 0 Å². The Bertz CT molecular complexity index is 659. The van der Waals surface area contributed by atoms with Gasteiger partial charge in [-0.05, 0) is 29.8 Å². The first kappa shape index (κ1) is 13.8. The standard InChI is InChI=1S/C16H14ClNO3/c17-12-5-3-4-11(8-12)9-18-16(19)15-10-20-13-6-1-2-7-14(13)21-15/h1-8,15H,9-10H2,(H,18,19). The van der Waals surface area contributed by atoms with E-state index in [0.29, 0.717) is 23.1 Å². The molecule has 1 atom stereocenters. The van der Waals surface area contributed by atoms with Crippen LogP contribution in [0.15, 0.2) is 48.5 Å². The van der Waals surface area contributed by atoms with E-state index in [1.165, 1.54) is 0 Å². The van der Waals surface area contributed by atoms with Crippen LogP contribution in [-0.4, -0.2) is 18.6 Å². The Labute approximate surface area is 127 Å². The van der Waals surface area contributed by atoms with Gasteiger partial charge in [0.05, 0.1) is 0 Å². The highest BCUT2D eigenvalue weighted by atomic mass is 35.5. The fraction of sp³-hybridized carbons (Fsp3) is 0.188. The highest BCUT2D eigenvalue weighted by Crippen LogP contribution is 2.30. The average Bonchev–Trinajstić information content (AvgIpc) is 2.52. The summed E-state index contributed by atoms with van der Waals surface area (Å²) in [5.74, 6) is 1.05. The molecule has 21 heavy (non-hydrogen) atoms. The lowest BCUT2D eigenvalue weighted by Gasteiger charge is -2.25. The number of amides is 1. The topological polar surface area (TPSA) is 47.6 Å². The molecule has 0 aliphatic carbocycles. The van der Waals surface area contributed by atoms with Crippen molar-refractivity contribution >= 4 is 17.5 Å². The first-order valence-corrected chi connectivity index (χ1v) is 7.01. The smallest absolute Gasteiger partial charge is 0.264 e. The van der Waals surface area contributed by atoms with Crippen LogP contribution < -0.4 is 14.8 Å². The van der Waals surface area contributed by atoms with Crippen LogP contribution in [0.25, 0.3) is 0 Å². The molecule has 5 heteroatoms. The summed E-state index contributed by atoms with van der Waals surface area (Å²) in [5, 5.41) is 3.47. The number of carbonyl (C=O) groups excluding carboxylic acids is 1. The largest absolute Gasteiger partial charge is 0.485 e. The molecule has 1 aliphatic heterocycles. The second-order valence-corrected chi connectivity index (χ2v) is 5.15. The molecule has 0 saturated heterocycles. The highest BCUT2D eigenvalue weighted by molar-refractivity contribution is 6.30. The molecule has 2 aromatic carbocycles. The molecule has 1 amide bonds. The second-order valence-electron chi connectivity index (χ2n) is 4.71. The van der Waals surface area contributed by atoms with Crippen LogP contribution in [0.1, 0.15) is 5.56 Å². The Morgan fingerprint density at radius 3 is 2.81 bits per heavy atom. The molecular weight excluding hydrogens is 290 g/mol. The van der Waals surface area contributed by atoms with E-state index < -0.39 is 6.10 Å². The van der Waals surface area contributed by atoms with Crippen molar-refractivity contribution in [2.75, 3.05) is 6.61 Å². The number of ether oxygens (including phenoxy) is 2. The van der Waals surface area contributed by atoms with Gasteiger partial charge in [0, 0.05) is 11.6 Å². The number of halogens is 1. The zero-order valence-electron chi connectivity index (χ0n) is 11.2. The lowest BCUT2D eigenvalue weighted by molar-refractivity contribution is -0.130. The van der Waals surface area contributed by atoms with Gasteiger partial charge < -0.3 is 14.8 Å². The summed E-state index contributed by atoms with van der Waals surface area (Å²) >= 11 is 5.91. The predicted molar refractivity (Wildman–Crippen MR) is 79.7 cm³/mol. The number of fused-ring (bicyclic) bond motifs is 1. The maximum absolute atomic E-state index is 12.1. The van der Waals surface area contributed by atoms with E-state index in [1.807, 2.05) is 36.4 Å². The fourth-order valence-corrected chi connectivity index (χ4v) is 2.31. The number of hydrogen-bond donors (Lipinski definition) is 1. The van der Waals surface area contributed by atoms with E-state index in [2.05, 4.69) is 5.32 Å². The Morgan fingerprint density at radius 1 is 1.19 bits per heavy atom. The van der Waals surface area contributed by atoms with Gasteiger partial charge in [-0.3, -0.25) is 4.79 Å². The van der Waals surface area contributed by atoms with Gasteiger partial charge in [0.15, 0.2) is 11.5 Å². The van der Waals surface area contributed by atoms with Crippen LogP contribution in [0, 0.1) is 0 Å². The zero-order valence-corrected chi connectivity index (χ0v) is 12.0. The normalized spacial score (nSPS) is 16.3. The van der Waals surface area contributed by atoms with Crippen LogP contribution in [-0.2, 0) is 11.3 Å². The van der Waals surface area contributed by atoms with Crippen LogP contribution >= 0.6 is 11.6 Å². The van der Waals surface area contributed by atoms with E-state index in [-0.39, 0.29) is 12.5 Å². The van der Waals surface area contributed by atoms with Crippen molar-refractivity contribution in [2.24, 2.45) is 0 Å². The van der Waals surface area contributed by atoms with Gasteiger partial charge in [-0.25, -0.2) is 0 Å². The van der Waals surface area contributed by atoms with Crippen LogP contribution in [0.5, 0.6) is 11.5 Å². The number of rotatable bonds is 3. The van der Waals surface area contributed by atoms with E-state index in [0.717, 1.165) is 5.56 Å². The van der Waals surface area contributed by atoms with Crippen LogP contribution in [0.2, 0.25) is 5.02 Å². The number of benzene rings is 2. The van der Waals surface area contributed by atoms with Crippen molar-refractivity contribution in [1.82, 2.24) is 5.32 Å². The second kappa shape index (κ2) is 6.06. The molecule has 1 heterocycles. The molecule has 0 radical (unpaired) electrons. The summed E-state index contributed by atoms with van der Waals surface area (Å²) in [7, 11) is 0. The molecule has 0 spiro atoms. The first-order valence-electron chi connectivity index (χ1n) is 6.63. The Hall–Kier alpha value is -2.20. The van der Waals surface area contributed by atoms with E-state index >= 15 is 0 Å². The van der Waals surface area contributed by atoms with Crippen molar-refractivity contribution in [3.8, 4) is 11.5 Å². The number of carbonyl (C=O) groups is 1. The molecule has 0 saturated carbocycles. The molecule has 0 aromatic heterocycles. The third-order valence-corrected chi connectivity index (χ3v) is 3.39. The molecule has 3 rings (SSSR count). The lowest BCUT2D eigenvalue weighted by atomic mass is 10.2. The maximum atomic E-state index is 12.1. The molecular formula is C16H14ClNO3. The highest BCUT2D eigenvalue weighted by Gasteiger charge is 2.26. The minimum Gasteiger partial charge on any atom is -0.485 e. The maximum Gasteiger partial charge on any atom is 0.264 e. The predicted octanol–water partition coefficient (Wildman–Crippen LogP) is 2.80. The number of hydrogen-bond acceptors (Lipinski definition) is 3. The number of nitrogens with one attached hydrogen (secondary N) is 1. The molecule has 108 valence electrons. The number of para-hydroxylation sites is 2. The van der Waals surface area contributed by atoms with Crippen molar-refractivity contribution in [3.63, 3.8) is 0 Å². The monoisotopic (exact) mass is 303 g/mol. The average molecular weight is 304 g/mol. The summed E-state index contributed by atoms with van der Waals surface area (Å²) < 4.78 is 11.2. The molecule has 1 unspecified atom stereocenters. The van der Waals surface area contributed by atoms with Crippen LogP contribution in [0.4, 0.5) is 0 Å². The van der Waals surface area contributed by atoms with Crippen molar-refractivity contribution < 1.29 is 14.3 Å². The fourth-order valence-electron chi connectivity index (χ4n) is 2.10. The first-order chi connectivity index (χ1) is 10.2. The third kappa shape index (κ3) is 3.28. The van der Waals surface area contributed by atoms with Crippen molar-refractivity contribution in [3.05, 3.63) is 59.1 Å². The molecule has 1 aliphatic rings. The van der Waals surface area contributed by atoms with Gasteiger partial charge in [-0.1, -0.05) is 35.9 Å². The van der Waals surface area contributed by atoms with Gasteiger partial charge in [0.25, 0.3) is 5.91 Å². The summed E-state index contributed by atoms with van der Waals surface area (Å²) in [6, 6.07) is 14.7. The van der Waals surface area contributed by atoms with Gasteiger partial charge >= 0.3 is 0 Å². The Morgan fingerprint density at radius 2 is 2.00 bits per heavy atom. The molecule has 0 bridgehead atoms. The molecule has 1 N–H and O–H groups in total. The summed E-state index contributed by atoms with van der Waals surface area (Å²) in [6.45, 7) is 0.610. The summed E-state index contributed by atoms with van der Waals surface area (Å²) in [5.41, 5.74) is 0.938. The minimum absolute atomic E-state index is 0.204. The molecule has 4 nitrogen and oxygen atoms in total. The SMILES string of the molecule is O=C(NCc1cccc(Cl)c1)C1COc2ccccc2O1. The van der Waals surface area contributed by atoms with Crippen LogP contribution in [0.3, 0.4) is 0 Å². The van der Waals surface area contributed by atoms with Crippen molar-refractivity contribution in [1.29, 1.82) is 0 Å². The Kier molecular flexibility index (Phi) is 3.97. The summed E-state index contributed by atoms with van der Waals surface area (Å²) in [6.07, 6.45) is -0.640. The third-order valence-electron chi connectivity index (χ3n) is 3.16. The van der Waals surface area contributed by atoms with Crippen molar-refractivity contribution in [2.45, 2.75) is 12.6 Å². The van der Waals surface area contributed by atoms with Gasteiger partial charge in [0.1, 0.15) is 6.61 Å². The van der Waals surface area contributed by atoms with Gasteiger partial charge in [-0.2, -0.15) is 0 Å². The van der Waals surface area contributed by atoms with E-state index in [1.54, 1.807) is 12.1 Å². The lowest BCUT2D eigenvalue weighted by Crippen LogP contribution is -2.43.